The Hall–Kier alpha value is -1.00. The molecule has 1 fully saturated rings. The van der Waals surface area contributed by atoms with Gasteiger partial charge in [-0.3, -0.25) is 0 Å². The fraction of sp³-hybridized carbons (Fsp3) is 0.571. The van der Waals surface area contributed by atoms with E-state index in [-0.39, 0.29) is 24.3 Å². The molecule has 2 unspecified atom stereocenters. The summed E-state index contributed by atoms with van der Waals surface area (Å²) in [4.78, 5) is 0. The zero-order chi connectivity index (χ0) is 13.0. The first-order chi connectivity index (χ1) is 8.58. The number of hydrogen-bond donors (Lipinski definition) is 1. The number of ether oxygens (including phenoxy) is 1. The molecule has 0 amide bonds. The van der Waals surface area contributed by atoms with Crippen molar-refractivity contribution in [2.75, 3.05) is 13.2 Å². The van der Waals surface area contributed by atoms with Crippen LogP contribution in [0.5, 0.6) is 0 Å². The highest BCUT2D eigenvalue weighted by molar-refractivity contribution is 5.20. The van der Waals surface area contributed by atoms with Gasteiger partial charge in [-0.15, -0.1) is 0 Å². The van der Waals surface area contributed by atoms with E-state index in [0.29, 0.717) is 6.61 Å². The van der Waals surface area contributed by atoms with Gasteiger partial charge in [-0.05, 0) is 19.8 Å². The SMILES string of the molecule is CC1CC(NCC(F)(F)c2ccccc2)CCO1. The Morgan fingerprint density at radius 1 is 1.33 bits per heavy atom. The maximum absolute atomic E-state index is 13.9. The largest absolute Gasteiger partial charge is 0.378 e. The summed E-state index contributed by atoms with van der Waals surface area (Å²) in [6.07, 6.45) is 1.75. The highest BCUT2D eigenvalue weighted by Crippen LogP contribution is 2.27. The average molecular weight is 255 g/mol. The lowest BCUT2D eigenvalue weighted by Gasteiger charge is -2.29. The molecule has 1 aliphatic heterocycles. The molecule has 4 heteroatoms. The van der Waals surface area contributed by atoms with Gasteiger partial charge in [0.05, 0.1) is 12.6 Å². The Bertz CT molecular complexity index is 369. The zero-order valence-corrected chi connectivity index (χ0v) is 10.5. The number of alkyl halides is 2. The van der Waals surface area contributed by atoms with Gasteiger partial charge < -0.3 is 10.1 Å². The maximum atomic E-state index is 13.9. The van der Waals surface area contributed by atoms with E-state index < -0.39 is 5.92 Å². The van der Waals surface area contributed by atoms with Crippen LogP contribution < -0.4 is 5.32 Å². The van der Waals surface area contributed by atoms with Gasteiger partial charge in [0.25, 0.3) is 5.92 Å². The first-order valence-corrected chi connectivity index (χ1v) is 6.36. The summed E-state index contributed by atoms with van der Waals surface area (Å²) < 4.78 is 33.2. The van der Waals surface area contributed by atoms with Crippen LogP contribution in [0.1, 0.15) is 25.3 Å². The Labute approximate surface area is 106 Å². The highest BCUT2D eigenvalue weighted by Gasteiger charge is 2.32. The third-order valence-electron chi connectivity index (χ3n) is 3.29. The van der Waals surface area contributed by atoms with Crippen molar-refractivity contribution in [1.82, 2.24) is 5.32 Å². The molecule has 2 rings (SSSR count). The van der Waals surface area contributed by atoms with E-state index in [9.17, 15) is 8.78 Å². The summed E-state index contributed by atoms with van der Waals surface area (Å²) in [7, 11) is 0. The van der Waals surface area contributed by atoms with Gasteiger partial charge in [0.2, 0.25) is 0 Å². The van der Waals surface area contributed by atoms with Crippen LogP contribution in [0.2, 0.25) is 0 Å². The number of hydrogen-bond acceptors (Lipinski definition) is 2. The Morgan fingerprint density at radius 3 is 2.72 bits per heavy atom. The molecule has 1 heterocycles. The van der Waals surface area contributed by atoms with Crippen LogP contribution in [0.4, 0.5) is 8.78 Å². The van der Waals surface area contributed by atoms with Crippen LogP contribution >= 0.6 is 0 Å². The van der Waals surface area contributed by atoms with E-state index in [0.717, 1.165) is 12.8 Å². The maximum Gasteiger partial charge on any atom is 0.285 e. The Morgan fingerprint density at radius 2 is 2.06 bits per heavy atom. The van der Waals surface area contributed by atoms with Crippen LogP contribution in [0.15, 0.2) is 30.3 Å². The Kier molecular flexibility index (Phi) is 4.30. The normalized spacial score (nSPS) is 25.1. The van der Waals surface area contributed by atoms with Gasteiger partial charge in [0, 0.05) is 18.2 Å². The number of benzene rings is 1. The van der Waals surface area contributed by atoms with Crippen molar-refractivity contribution in [1.29, 1.82) is 0 Å². The molecule has 1 aromatic carbocycles. The molecule has 1 saturated heterocycles. The summed E-state index contributed by atoms with van der Waals surface area (Å²) in [5, 5.41) is 2.96. The number of halogens is 2. The van der Waals surface area contributed by atoms with Crippen molar-refractivity contribution in [3.63, 3.8) is 0 Å². The van der Waals surface area contributed by atoms with Crippen molar-refractivity contribution in [3.8, 4) is 0 Å². The van der Waals surface area contributed by atoms with Crippen LogP contribution in [-0.2, 0) is 10.7 Å². The van der Waals surface area contributed by atoms with E-state index in [2.05, 4.69) is 5.32 Å². The third kappa shape index (κ3) is 3.50. The number of rotatable bonds is 4. The van der Waals surface area contributed by atoms with Crippen LogP contribution in [-0.4, -0.2) is 25.3 Å². The molecule has 2 atom stereocenters. The second-order valence-corrected chi connectivity index (χ2v) is 4.85. The first kappa shape index (κ1) is 13.4. The lowest BCUT2D eigenvalue weighted by molar-refractivity contribution is -0.0214. The molecule has 0 spiro atoms. The molecule has 2 nitrogen and oxygen atoms in total. The van der Waals surface area contributed by atoms with E-state index in [4.69, 9.17) is 4.74 Å². The molecule has 100 valence electrons. The second kappa shape index (κ2) is 5.76. The lowest BCUT2D eigenvalue weighted by Crippen LogP contribution is -2.42. The molecule has 0 saturated carbocycles. The van der Waals surface area contributed by atoms with Gasteiger partial charge in [-0.25, -0.2) is 0 Å². The zero-order valence-electron chi connectivity index (χ0n) is 10.5. The second-order valence-electron chi connectivity index (χ2n) is 4.85. The molecule has 18 heavy (non-hydrogen) atoms. The summed E-state index contributed by atoms with van der Waals surface area (Å²) in [5.74, 6) is -2.82. The van der Waals surface area contributed by atoms with E-state index in [1.807, 2.05) is 6.92 Å². The minimum absolute atomic E-state index is 0.0672. The van der Waals surface area contributed by atoms with Crippen molar-refractivity contribution < 1.29 is 13.5 Å². The molecule has 0 radical (unpaired) electrons. The summed E-state index contributed by atoms with van der Waals surface area (Å²) in [5.41, 5.74) is 0.0672. The van der Waals surface area contributed by atoms with Crippen LogP contribution in [0.25, 0.3) is 0 Å². The van der Waals surface area contributed by atoms with Crippen molar-refractivity contribution in [2.24, 2.45) is 0 Å². The standard InChI is InChI=1S/C14H19F2NO/c1-11-9-13(7-8-18-11)17-10-14(15,16)12-5-3-2-4-6-12/h2-6,11,13,17H,7-10H2,1H3. The van der Waals surface area contributed by atoms with Crippen LogP contribution in [0, 0.1) is 0 Å². The predicted molar refractivity (Wildman–Crippen MR) is 66.8 cm³/mol. The molecule has 0 bridgehead atoms. The fourth-order valence-corrected chi connectivity index (χ4v) is 2.24. The predicted octanol–water partition coefficient (Wildman–Crippen LogP) is 2.94. The minimum atomic E-state index is -2.82. The van der Waals surface area contributed by atoms with Crippen molar-refractivity contribution >= 4 is 0 Å². The molecule has 1 aromatic rings. The van der Waals surface area contributed by atoms with Gasteiger partial charge in [-0.2, -0.15) is 8.78 Å². The topological polar surface area (TPSA) is 21.3 Å². The number of nitrogens with one attached hydrogen (secondary N) is 1. The van der Waals surface area contributed by atoms with Gasteiger partial charge >= 0.3 is 0 Å². The van der Waals surface area contributed by atoms with E-state index in [1.165, 1.54) is 12.1 Å². The van der Waals surface area contributed by atoms with E-state index in [1.54, 1.807) is 18.2 Å². The summed E-state index contributed by atoms with van der Waals surface area (Å²) >= 11 is 0. The first-order valence-electron chi connectivity index (χ1n) is 6.36. The monoisotopic (exact) mass is 255 g/mol. The van der Waals surface area contributed by atoms with Crippen molar-refractivity contribution in [2.45, 2.75) is 37.8 Å². The molecule has 0 aromatic heterocycles. The average Bonchev–Trinajstić information content (AvgIpc) is 2.38. The molecule has 1 aliphatic rings. The van der Waals surface area contributed by atoms with Gasteiger partial charge in [-0.1, -0.05) is 30.3 Å². The summed E-state index contributed by atoms with van der Waals surface area (Å²) in [6, 6.07) is 8.08. The highest BCUT2D eigenvalue weighted by atomic mass is 19.3. The Balaban J connectivity index is 1.89. The quantitative estimate of drug-likeness (QED) is 0.893. The van der Waals surface area contributed by atoms with Gasteiger partial charge in [0.1, 0.15) is 0 Å². The fourth-order valence-electron chi connectivity index (χ4n) is 2.24. The lowest BCUT2D eigenvalue weighted by atomic mass is 10.0. The van der Waals surface area contributed by atoms with Crippen molar-refractivity contribution in [3.05, 3.63) is 35.9 Å². The smallest absolute Gasteiger partial charge is 0.285 e. The summed E-state index contributed by atoms with van der Waals surface area (Å²) in [6.45, 7) is 2.31. The van der Waals surface area contributed by atoms with E-state index >= 15 is 0 Å². The molecular weight excluding hydrogens is 236 g/mol. The minimum Gasteiger partial charge on any atom is -0.378 e. The molecule has 1 N–H and O–H groups in total. The molecular formula is C14H19F2NO. The third-order valence-corrected chi connectivity index (χ3v) is 3.29. The molecule has 0 aliphatic carbocycles. The van der Waals surface area contributed by atoms with Gasteiger partial charge in [0.15, 0.2) is 0 Å². The van der Waals surface area contributed by atoms with Crippen LogP contribution in [0.3, 0.4) is 0 Å².